The summed E-state index contributed by atoms with van der Waals surface area (Å²) in [6.07, 6.45) is -3.05. The minimum atomic E-state index is -4.43. The molecule has 3 N–H and O–H groups in total. The lowest BCUT2D eigenvalue weighted by Gasteiger charge is -2.19. The lowest BCUT2D eigenvalue weighted by molar-refractivity contribution is -0.138. The van der Waals surface area contributed by atoms with Crippen molar-refractivity contribution in [1.82, 2.24) is 5.43 Å². The number of halogens is 3. The topological polar surface area (TPSA) is 51.2 Å². The molecule has 0 saturated carbocycles. The zero-order valence-electron chi connectivity index (χ0n) is 9.24. The van der Waals surface area contributed by atoms with E-state index in [0.717, 1.165) is 6.07 Å². The third kappa shape index (κ3) is 2.39. The number of benzene rings is 1. The molecule has 1 aromatic carbocycles. The summed E-state index contributed by atoms with van der Waals surface area (Å²) in [6.45, 7) is 0. The van der Waals surface area contributed by atoms with Crippen molar-refractivity contribution in [3.63, 3.8) is 0 Å². The summed E-state index contributed by atoms with van der Waals surface area (Å²) >= 11 is 0. The molecule has 0 aliphatic rings. The lowest BCUT2D eigenvalue weighted by Crippen LogP contribution is -2.30. The number of furan rings is 1. The fraction of sp³-hybridized carbons (Fsp3) is 0.167. The molecule has 0 saturated heterocycles. The third-order valence-corrected chi connectivity index (χ3v) is 2.57. The van der Waals surface area contributed by atoms with E-state index in [9.17, 15) is 13.2 Å². The third-order valence-electron chi connectivity index (χ3n) is 2.57. The number of nitrogens with two attached hydrogens (primary N) is 1. The Bertz CT molecular complexity index is 508. The number of nitrogens with one attached hydrogen (secondary N) is 1. The first-order chi connectivity index (χ1) is 8.54. The highest BCUT2D eigenvalue weighted by atomic mass is 19.4. The summed E-state index contributed by atoms with van der Waals surface area (Å²) in [4.78, 5) is 0. The van der Waals surface area contributed by atoms with Crippen LogP contribution in [0, 0.1) is 0 Å². The summed E-state index contributed by atoms with van der Waals surface area (Å²) < 4.78 is 43.8. The molecule has 3 nitrogen and oxygen atoms in total. The van der Waals surface area contributed by atoms with Gasteiger partial charge in [0.1, 0.15) is 11.8 Å². The smallest absolute Gasteiger partial charge is 0.416 e. The lowest BCUT2D eigenvalue weighted by atomic mass is 9.98. The molecule has 1 unspecified atom stereocenters. The van der Waals surface area contributed by atoms with E-state index in [1.54, 1.807) is 12.1 Å². The normalized spacial score (nSPS) is 13.6. The van der Waals surface area contributed by atoms with E-state index in [-0.39, 0.29) is 5.56 Å². The number of rotatable bonds is 3. The van der Waals surface area contributed by atoms with Crippen molar-refractivity contribution in [2.45, 2.75) is 12.2 Å². The molecule has 0 aliphatic carbocycles. The molecule has 0 spiro atoms. The molecule has 2 aromatic rings. The van der Waals surface area contributed by atoms with Crippen molar-refractivity contribution < 1.29 is 17.6 Å². The average Bonchev–Trinajstić information content (AvgIpc) is 2.83. The van der Waals surface area contributed by atoms with Gasteiger partial charge in [-0.25, -0.2) is 5.43 Å². The second kappa shape index (κ2) is 4.83. The molecule has 1 aromatic heterocycles. The molecule has 2 rings (SSSR count). The van der Waals surface area contributed by atoms with E-state index < -0.39 is 17.8 Å². The minimum absolute atomic E-state index is 0.0300. The van der Waals surface area contributed by atoms with Crippen molar-refractivity contribution in [2.24, 2.45) is 5.84 Å². The van der Waals surface area contributed by atoms with Gasteiger partial charge in [-0.2, -0.15) is 13.2 Å². The van der Waals surface area contributed by atoms with Crippen LogP contribution in [0.25, 0.3) is 0 Å². The van der Waals surface area contributed by atoms with Crippen LogP contribution in [0.3, 0.4) is 0 Å². The van der Waals surface area contributed by atoms with Crippen LogP contribution in [0.15, 0.2) is 47.1 Å². The van der Waals surface area contributed by atoms with E-state index in [1.807, 2.05) is 0 Å². The first-order valence-corrected chi connectivity index (χ1v) is 5.19. The van der Waals surface area contributed by atoms with Gasteiger partial charge < -0.3 is 4.42 Å². The van der Waals surface area contributed by atoms with Crippen molar-refractivity contribution >= 4 is 0 Å². The van der Waals surface area contributed by atoms with E-state index in [2.05, 4.69) is 5.43 Å². The van der Waals surface area contributed by atoms with Gasteiger partial charge >= 0.3 is 6.18 Å². The van der Waals surface area contributed by atoms with Crippen LogP contribution in [-0.4, -0.2) is 0 Å². The Morgan fingerprint density at radius 1 is 1.11 bits per heavy atom. The van der Waals surface area contributed by atoms with E-state index in [1.165, 1.54) is 24.5 Å². The summed E-state index contributed by atoms with van der Waals surface area (Å²) in [5.41, 5.74) is 1.64. The highest BCUT2D eigenvalue weighted by Gasteiger charge is 2.35. The molecule has 0 aliphatic heterocycles. The van der Waals surface area contributed by atoms with Crippen molar-refractivity contribution in [3.8, 4) is 0 Å². The minimum Gasteiger partial charge on any atom is -0.467 e. The van der Waals surface area contributed by atoms with Gasteiger partial charge in [0.15, 0.2) is 0 Å². The van der Waals surface area contributed by atoms with Gasteiger partial charge in [0, 0.05) is 0 Å². The Morgan fingerprint density at radius 2 is 1.83 bits per heavy atom. The van der Waals surface area contributed by atoms with Gasteiger partial charge in [0.25, 0.3) is 0 Å². The highest BCUT2D eigenvalue weighted by Crippen LogP contribution is 2.36. The molecule has 0 bridgehead atoms. The largest absolute Gasteiger partial charge is 0.467 e. The fourth-order valence-corrected chi connectivity index (χ4v) is 1.79. The first kappa shape index (κ1) is 12.7. The maximum absolute atomic E-state index is 12.9. The van der Waals surface area contributed by atoms with E-state index in [4.69, 9.17) is 10.3 Å². The highest BCUT2D eigenvalue weighted by molar-refractivity contribution is 5.36. The zero-order valence-corrected chi connectivity index (χ0v) is 9.24. The van der Waals surface area contributed by atoms with Crippen LogP contribution >= 0.6 is 0 Å². The van der Waals surface area contributed by atoms with Gasteiger partial charge in [-0.15, -0.1) is 0 Å². The van der Waals surface area contributed by atoms with Crippen LogP contribution in [-0.2, 0) is 6.18 Å². The average molecular weight is 256 g/mol. The summed E-state index contributed by atoms with van der Waals surface area (Å²) in [6, 6.07) is 7.57. The van der Waals surface area contributed by atoms with Gasteiger partial charge in [0.05, 0.1) is 11.8 Å². The summed E-state index contributed by atoms with van der Waals surface area (Å²) in [5.74, 6) is 5.66. The van der Waals surface area contributed by atoms with Crippen LogP contribution < -0.4 is 11.3 Å². The summed E-state index contributed by atoms with van der Waals surface area (Å²) in [7, 11) is 0. The predicted octanol–water partition coefficient (Wildman–Crippen LogP) is 2.85. The van der Waals surface area contributed by atoms with Gasteiger partial charge in [-0.1, -0.05) is 18.2 Å². The van der Waals surface area contributed by atoms with Gasteiger partial charge in [-0.05, 0) is 23.8 Å². The number of hydrazine groups is 1. The standard InChI is InChI=1S/C12H11F3N2O/c13-12(14,15)9-5-2-1-4-8(9)11(17-16)10-6-3-7-18-10/h1-7,11,17H,16H2. The van der Waals surface area contributed by atoms with Gasteiger partial charge in [0.2, 0.25) is 0 Å². The second-order valence-corrected chi connectivity index (χ2v) is 3.70. The van der Waals surface area contributed by atoms with Crippen LogP contribution in [0.1, 0.15) is 22.9 Å². The Labute approximate surface area is 101 Å². The predicted molar refractivity (Wildman–Crippen MR) is 59.3 cm³/mol. The first-order valence-electron chi connectivity index (χ1n) is 5.19. The van der Waals surface area contributed by atoms with E-state index >= 15 is 0 Å². The Balaban J connectivity index is 2.50. The van der Waals surface area contributed by atoms with Crippen LogP contribution in [0.5, 0.6) is 0 Å². The number of hydrogen-bond donors (Lipinski definition) is 2. The van der Waals surface area contributed by atoms with Gasteiger partial charge in [-0.3, -0.25) is 5.84 Å². The maximum Gasteiger partial charge on any atom is 0.416 e. The summed E-state index contributed by atoms with van der Waals surface area (Å²) in [5, 5.41) is 0. The molecular weight excluding hydrogens is 245 g/mol. The molecule has 0 radical (unpaired) electrons. The molecule has 0 fully saturated rings. The molecule has 18 heavy (non-hydrogen) atoms. The maximum atomic E-state index is 12.9. The SMILES string of the molecule is NNC(c1ccco1)c1ccccc1C(F)(F)F. The Morgan fingerprint density at radius 3 is 2.39 bits per heavy atom. The Hall–Kier alpha value is -1.79. The van der Waals surface area contributed by atoms with Crippen LogP contribution in [0.4, 0.5) is 13.2 Å². The molecule has 6 heteroatoms. The number of alkyl halides is 3. The monoisotopic (exact) mass is 256 g/mol. The quantitative estimate of drug-likeness (QED) is 0.655. The Kier molecular flexibility index (Phi) is 3.40. The molecule has 1 atom stereocenters. The second-order valence-electron chi connectivity index (χ2n) is 3.70. The van der Waals surface area contributed by atoms with E-state index in [0.29, 0.717) is 5.76 Å². The fourth-order valence-electron chi connectivity index (χ4n) is 1.79. The molecule has 96 valence electrons. The zero-order chi connectivity index (χ0) is 13.2. The van der Waals surface area contributed by atoms with Crippen molar-refractivity contribution in [3.05, 3.63) is 59.5 Å². The van der Waals surface area contributed by atoms with Crippen molar-refractivity contribution in [1.29, 1.82) is 0 Å². The molecular formula is C12H11F3N2O. The van der Waals surface area contributed by atoms with Crippen molar-refractivity contribution in [2.75, 3.05) is 0 Å². The molecule has 0 amide bonds. The molecule has 1 heterocycles. The van der Waals surface area contributed by atoms with Crippen LogP contribution in [0.2, 0.25) is 0 Å². The number of hydrogen-bond acceptors (Lipinski definition) is 3.